The van der Waals surface area contributed by atoms with Gasteiger partial charge in [0.05, 0.1) is 11.4 Å². The molecule has 0 aromatic heterocycles. The Labute approximate surface area is 114 Å². The smallest absolute Gasteiger partial charge is 0.255 e. The predicted molar refractivity (Wildman–Crippen MR) is 77.9 cm³/mol. The van der Waals surface area contributed by atoms with E-state index in [0.717, 1.165) is 10.9 Å². The zero-order chi connectivity index (χ0) is 13.0. The van der Waals surface area contributed by atoms with E-state index in [2.05, 4.69) is 21.2 Å². The summed E-state index contributed by atoms with van der Waals surface area (Å²) < 4.78 is 0. The van der Waals surface area contributed by atoms with E-state index >= 15 is 0 Å². The molecule has 0 atom stereocenters. The van der Waals surface area contributed by atoms with Crippen molar-refractivity contribution >= 4 is 33.2 Å². The van der Waals surface area contributed by atoms with Crippen molar-refractivity contribution in [1.29, 1.82) is 0 Å². The first-order valence-electron chi connectivity index (χ1n) is 5.51. The van der Waals surface area contributed by atoms with Crippen molar-refractivity contribution in [3.8, 4) is 0 Å². The van der Waals surface area contributed by atoms with Crippen LogP contribution in [0.3, 0.4) is 0 Å². The van der Waals surface area contributed by atoms with Crippen LogP contribution in [0.4, 0.5) is 11.4 Å². The predicted octanol–water partition coefficient (Wildman–Crippen LogP) is 3.42. The molecular formula is C14H13BrN2O. The van der Waals surface area contributed by atoms with Gasteiger partial charge in [-0.3, -0.25) is 4.79 Å². The molecule has 0 radical (unpaired) electrons. The first kappa shape index (κ1) is 12.6. The molecule has 0 aliphatic rings. The molecule has 92 valence electrons. The number of hydrogen-bond donors (Lipinski definition) is 2. The van der Waals surface area contributed by atoms with Crippen LogP contribution in [-0.2, 0) is 5.33 Å². The number of halogens is 1. The van der Waals surface area contributed by atoms with Gasteiger partial charge in [0.1, 0.15) is 0 Å². The third kappa shape index (κ3) is 2.90. The lowest BCUT2D eigenvalue weighted by Gasteiger charge is -2.09. The fourth-order valence-electron chi connectivity index (χ4n) is 1.59. The molecule has 0 spiro atoms. The van der Waals surface area contributed by atoms with Crippen molar-refractivity contribution in [2.75, 3.05) is 11.1 Å². The van der Waals surface area contributed by atoms with Gasteiger partial charge in [0.2, 0.25) is 0 Å². The Balaban J connectivity index is 2.17. The molecule has 2 rings (SSSR count). The molecule has 3 nitrogen and oxygen atoms in total. The number of nitrogen functional groups attached to an aromatic ring is 1. The molecule has 0 saturated carbocycles. The van der Waals surface area contributed by atoms with E-state index < -0.39 is 0 Å². The van der Waals surface area contributed by atoms with Crippen molar-refractivity contribution in [2.24, 2.45) is 0 Å². The second-order valence-corrected chi connectivity index (χ2v) is 4.44. The third-order valence-electron chi connectivity index (χ3n) is 2.55. The molecule has 0 aliphatic heterocycles. The Morgan fingerprint density at radius 2 is 1.89 bits per heavy atom. The highest BCUT2D eigenvalue weighted by Gasteiger charge is 2.07. The van der Waals surface area contributed by atoms with Crippen LogP contribution in [-0.4, -0.2) is 5.91 Å². The summed E-state index contributed by atoms with van der Waals surface area (Å²) in [4.78, 5) is 11.9. The topological polar surface area (TPSA) is 55.1 Å². The van der Waals surface area contributed by atoms with Gasteiger partial charge in [0.15, 0.2) is 0 Å². The van der Waals surface area contributed by atoms with Crippen molar-refractivity contribution in [2.45, 2.75) is 5.33 Å². The minimum atomic E-state index is -0.158. The molecule has 2 aromatic carbocycles. The van der Waals surface area contributed by atoms with Gasteiger partial charge in [-0.2, -0.15) is 0 Å². The second kappa shape index (κ2) is 5.69. The molecule has 0 unspecified atom stereocenters. The van der Waals surface area contributed by atoms with Gasteiger partial charge >= 0.3 is 0 Å². The van der Waals surface area contributed by atoms with Gasteiger partial charge in [-0.15, -0.1) is 0 Å². The van der Waals surface area contributed by atoms with E-state index in [9.17, 15) is 4.79 Å². The molecule has 0 aliphatic carbocycles. The van der Waals surface area contributed by atoms with Crippen LogP contribution in [0.2, 0.25) is 0 Å². The first-order chi connectivity index (χ1) is 8.70. The summed E-state index contributed by atoms with van der Waals surface area (Å²) in [5.41, 5.74) is 8.77. The van der Waals surface area contributed by atoms with Gasteiger partial charge < -0.3 is 11.1 Å². The van der Waals surface area contributed by atoms with Gasteiger partial charge in [-0.1, -0.05) is 40.2 Å². The van der Waals surface area contributed by atoms with E-state index in [-0.39, 0.29) is 5.91 Å². The second-order valence-electron chi connectivity index (χ2n) is 3.88. The van der Waals surface area contributed by atoms with Crippen LogP contribution in [0.5, 0.6) is 0 Å². The first-order valence-corrected chi connectivity index (χ1v) is 6.63. The van der Waals surface area contributed by atoms with Crippen molar-refractivity contribution in [1.82, 2.24) is 0 Å². The van der Waals surface area contributed by atoms with Crippen LogP contribution < -0.4 is 11.1 Å². The summed E-state index contributed by atoms with van der Waals surface area (Å²) in [6, 6.07) is 14.6. The van der Waals surface area contributed by atoms with E-state index in [0.29, 0.717) is 16.9 Å². The van der Waals surface area contributed by atoms with Crippen LogP contribution in [0, 0.1) is 0 Å². The lowest BCUT2D eigenvalue weighted by molar-refractivity contribution is 0.102. The molecule has 0 heterocycles. The van der Waals surface area contributed by atoms with Gasteiger partial charge in [-0.05, 0) is 29.8 Å². The summed E-state index contributed by atoms with van der Waals surface area (Å²) in [5, 5.41) is 3.54. The van der Waals surface area contributed by atoms with E-state index in [1.165, 1.54) is 0 Å². The van der Waals surface area contributed by atoms with Crippen LogP contribution in [0.25, 0.3) is 0 Å². The number of benzene rings is 2. The molecule has 4 heteroatoms. The maximum atomic E-state index is 11.9. The average Bonchev–Trinajstić information content (AvgIpc) is 2.42. The Kier molecular flexibility index (Phi) is 3.99. The zero-order valence-corrected chi connectivity index (χ0v) is 11.3. The lowest BCUT2D eigenvalue weighted by Crippen LogP contribution is -2.13. The summed E-state index contributed by atoms with van der Waals surface area (Å²) >= 11 is 3.36. The molecule has 1 amide bonds. The molecule has 0 saturated heterocycles. The summed E-state index contributed by atoms with van der Waals surface area (Å²) in [6.07, 6.45) is 0. The Morgan fingerprint density at radius 3 is 2.50 bits per heavy atom. The number of alkyl halides is 1. The summed E-state index contributed by atoms with van der Waals surface area (Å²) in [6.45, 7) is 0. The normalized spacial score (nSPS) is 10.1. The number of carbonyl (C=O) groups is 1. The molecule has 3 N–H and O–H groups in total. The summed E-state index contributed by atoms with van der Waals surface area (Å²) in [7, 11) is 0. The molecule has 18 heavy (non-hydrogen) atoms. The monoisotopic (exact) mass is 304 g/mol. The quantitative estimate of drug-likeness (QED) is 0.674. The number of carbonyl (C=O) groups excluding carboxylic acids is 1. The lowest BCUT2D eigenvalue weighted by atomic mass is 10.1. The van der Waals surface area contributed by atoms with E-state index in [1.54, 1.807) is 12.1 Å². The number of nitrogens with two attached hydrogens (primary N) is 1. The highest BCUT2D eigenvalue weighted by Crippen LogP contribution is 2.21. The van der Waals surface area contributed by atoms with Crippen LogP contribution >= 0.6 is 15.9 Å². The van der Waals surface area contributed by atoms with Crippen molar-refractivity contribution in [3.63, 3.8) is 0 Å². The van der Waals surface area contributed by atoms with Crippen molar-refractivity contribution < 1.29 is 4.79 Å². The minimum absolute atomic E-state index is 0.158. The number of rotatable bonds is 3. The van der Waals surface area contributed by atoms with E-state index in [1.807, 2.05) is 36.4 Å². The molecule has 0 fully saturated rings. The fourth-order valence-corrected chi connectivity index (χ4v) is 1.94. The Bertz CT molecular complexity index is 555. The molecular weight excluding hydrogens is 292 g/mol. The Hall–Kier alpha value is -1.81. The van der Waals surface area contributed by atoms with Crippen LogP contribution in [0.15, 0.2) is 48.5 Å². The maximum Gasteiger partial charge on any atom is 0.255 e. The zero-order valence-electron chi connectivity index (χ0n) is 9.69. The van der Waals surface area contributed by atoms with Crippen LogP contribution in [0.1, 0.15) is 15.9 Å². The van der Waals surface area contributed by atoms with Gasteiger partial charge in [0.25, 0.3) is 5.91 Å². The SMILES string of the molecule is Nc1cc(CBr)ccc1NC(=O)c1ccccc1. The Morgan fingerprint density at radius 1 is 1.17 bits per heavy atom. The third-order valence-corrected chi connectivity index (χ3v) is 3.20. The molecule has 2 aromatic rings. The van der Waals surface area contributed by atoms with E-state index in [4.69, 9.17) is 5.73 Å². The number of anilines is 2. The summed E-state index contributed by atoms with van der Waals surface area (Å²) in [5.74, 6) is -0.158. The number of amides is 1. The van der Waals surface area contributed by atoms with Gasteiger partial charge in [-0.25, -0.2) is 0 Å². The van der Waals surface area contributed by atoms with Gasteiger partial charge in [0, 0.05) is 10.9 Å². The average molecular weight is 305 g/mol. The minimum Gasteiger partial charge on any atom is -0.397 e. The van der Waals surface area contributed by atoms with Crippen molar-refractivity contribution in [3.05, 3.63) is 59.7 Å². The number of hydrogen-bond acceptors (Lipinski definition) is 2. The highest BCUT2D eigenvalue weighted by molar-refractivity contribution is 9.08. The largest absolute Gasteiger partial charge is 0.397 e. The maximum absolute atomic E-state index is 11.9. The number of nitrogens with one attached hydrogen (secondary N) is 1. The highest BCUT2D eigenvalue weighted by atomic mass is 79.9. The fraction of sp³-hybridized carbons (Fsp3) is 0.0714. The standard InChI is InChI=1S/C14H13BrN2O/c15-9-10-6-7-13(12(16)8-10)17-14(18)11-4-2-1-3-5-11/h1-8H,9,16H2,(H,17,18). The molecule has 0 bridgehead atoms.